The highest BCUT2D eigenvalue weighted by atomic mass is 16.3. The third-order valence-corrected chi connectivity index (χ3v) is 2.84. The fourth-order valence-electron chi connectivity index (χ4n) is 1.92. The van der Waals surface area contributed by atoms with Gasteiger partial charge in [0.15, 0.2) is 0 Å². The molecule has 0 saturated heterocycles. The van der Waals surface area contributed by atoms with E-state index in [1.165, 1.54) is 11.0 Å². The van der Waals surface area contributed by atoms with Crippen molar-refractivity contribution in [2.45, 2.75) is 25.9 Å². The summed E-state index contributed by atoms with van der Waals surface area (Å²) in [5.41, 5.74) is 0.509. The Kier molecular flexibility index (Phi) is 2.15. The Labute approximate surface area is 82.2 Å². The average molecular weight is 195 g/mol. The van der Waals surface area contributed by atoms with E-state index in [4.69, 9.17) is 5.11 Å². The maximum atomic E-state index is 11.4. The lowest BCUT2D eigenvalue weighted by Gasteiger charge is -2.33. The van der Waals surface area contributed by atoms with Crippen molar-refractivity contribution in [1.29, 1.82) is 0 Å². The molecular formula is C10H13NO3. The highest BCUT2D eigenvalue weighted by Gasteiger charge is 2.35. The van der Waals surface area contributed by atoms with Crippen molar-refractivity contribution in [3.05, 3.63) is 11.6 Å². The molecule has 14 heavy (non-hydrogen) atoms. The van der Waals surface area contributed by atoms with Gasteiger partial charge in [0.2, 0.25) is 0 Å². The molecule has 2 aliphatic rings. The first-order valence-electron chi connectivity index (χ1n) is 4.80. The predicted octanol–water partition coefficient (Wildman–Crippen LogP) is 0.0724. The lowest BCUT2D eigenvalue weighted by Crippen LogP contribution is -2.41. The normalized spacial score (nSPS) is 31.9. The SMILES string of the molecule is CC1=CC(=O)N(CC2CC(O)C2)C1=O. The topological polar surface area (TPSA) is 57.6 Å². The van der Waals surface area contributed by atoms with Crippen LogP contribution < -0.4 is 0 Å². The maximum absolute atomic E-state index is 11.4. The molecule has 0 unspecified atom stereocenters. The molecule has 4 heteroatoms. The zero-order valence-electron chi connectivity index (χ0n) is 8.06. The number of hydrogen-bond donors (Lipinski definition) is 1. The number of carbonyl (C=O) groups is 2. The Morgan fingerprint density at radius 2 is 2.14 bits per heavy atom. The monoisotopic (exact) mass is 195 g/mol. The van der Waals surface area contributed by atoms with Crippen molar-refractivity contribution >= 4 is 11.8 Å². The predicted molar refractivity (Wildman–Crippen MR) is 49.2 cm³/mol. The molecule has 0 atom stereocenters. The molecule has 2 amide bonds. The third-order valence-electron chi connectivity index (χ3n) is 2.84. The second-order valence-electron chi connectivity index (χ2n) is 4.07. The van der Waals surface area contributed by atoms with Gasteiger partial charge in [-0.25, -0.2) is 0 Å². The zero-order valence-corrected chi connectivity index (χ0v) is 8.06. The third kappa shape index (κ3) is 1.46. The summed E-state index contributed by atoms with van der Waals surface area (Å²) in [4.78, 5) is 24.0. The molecule has 1 N–H and O–H groups in total. The number of hydrogen-bond acceptors (Lipinski definition) is 3. The second-order valence-corrected chi connectivity index (χ2v) is 4.07. The van der Waals surface area contributed by atoms with Crippen LogP contribution in [-0.4, -0.2) is 34.5 Å². The van der Waals surface area contributed by atoms with Gasteiger partial charge in [-0.15, -0.1) is 0 Å². The van der Waals surface area contributed by atoms with Gasteiger partial charge < -0.3 is 5.11 Å². The molecular weight excluding hydrogens is 182 g/mol. The van der Waals surface area contributed by atoms with Gasteiger partial charge in [-0.2, -0.15) is 0 Å². The Hall–Kier alpha value is -1.16. The van der Waals surface area contributed by atoms with E-state index in [0.717, 1.165) is 0 Å². The van der Waals surface area contributed by atoms with Crippen LogP contribution in [0.25, 0.3) is 0 Å². The van der Waals surface area contributed by atoms with Gasteiger partial charge in [0.1, 0.15) is 0 Å². The molecule has 0 aromatic rings. The number of carbonyl (C=O) groups excluding carboxylic acids is 2. The maximum Gasteiger partial charge on any atom is 0.256 e. The van der Waals surface area contributed by atoms with Gasteiger partial charge in [0, 0.05) is 18.2 Å². The molecule has 1 saturated carbocycles. The molecule has 1 fully saturated rings. The smallest absolute Gasteiger partial charge is 0.256 e. The van der Waals surface area contributed by atoms with Crippen LogP contribution in [0.2, 0.25) is 0 Å². The number of amides is 2. The molecule has 1 heterocycles. The van der Waals surface area contributed by atoms with Gasteiger partial charge in [-0.1, -0.05) is 0 Å². The Morgan fingerprint density at radius 3 is 2.57 bits per heavy atom. The first kappa shape index (κ1) is 9.40. The average Bonchev–Trinajstić information content (AvgIpc) is 2.29. The van der Waals surface area contributed by atoms with Crippen LogP contribution in [0, 0.1) is 5.92 Å². The van der Waals surface area contributed by atoms with E-state index in [0.29, 0.717) is 25.0 Å². The van der Waals surface area contributed by atoms with Crippen molar-refractivity contribution < 1.29 is 14.7 Å². The number of aliphatic hydroxyl groups excluding tert-OH is 1. The minimum Gasteiger partial charge on any atom is -0.393 e. The Balaban J connectivity index is 1.94. The highest BCUT2D eigenvalue weighted by molar-refractivity contribution is 6.15. The fourth-order valence-corrected chi connectivity index (χ4v) is 1.92. The minimum atomic E-state index is -0.234. The van der Waals surface area contributed by atoms with Crippen LogP contribution in [0.15, 0.2) is 11.6 Å². The van der Waals surface area contributed by atoms with Gasteiger partial charge in [-0.3, -0.25) is 14.5 Å². The van der Waals surface area contributed by atoms with Crippen molar-refractivity contribution in [1.82, 2.24) is 4.90 Å². The summed E-state index contributed by atoms with van der Waals surface area (Å²) in [6, 6.07) is 0. The van der Waals surface area contributed by atoms with Gasteiger partial charge >= 0.3 is 0 Å². The van der Waals surface area contributed by atoms with E-state index in [2.05, 4.69) is 0 Å². The molecule has 1 aliphatic carbocycles. The lowest BCUT2D eigenvalue weighted by molar-refractivity contribution is -0.139. The summed E-state index contributed by atoms with van der Waals surface area (Å²) in [7, 11) is 0. The minimum absolute atomic E-state index is 0.184. The van der Waals surface area contributed by atoms with Gasteiger partial charge in [0.05, 0.1) is 6.10 Å². The summed E-state index contributed by atoms with van der Waals surface area (Å²) in [5, 5.41) is 9.07. The van der Waals surface area contributed by atoms with Crippen LogP contribution in [0.3, 0.4) is 0 Å². The molecule has 0 radical (unpaired) electrons. The van der Waals surface area contributed by atoms with Crippen LogP contribution in [0.5, 0.6) is 0 Å². The van der Waals surface area contributed by atoms with E-state index < -0.39 is 0 Å². The van der Waals surface area contributed by atoms with Crippen molar-refractivity contribution in [2.24, 2.45) is 5.92 Å². The van der Waals surface area contributed by atoms with Gasteiger partial charge in [-0.05, 0) is 25.7 Å². The molecule has 2 rings (SSSR count). The van der Waals surface area contributed by atoms with Crippen LogP contribution in [-0.2, 0) is 9.59 Å². The summed E-state index contributed by atoms with van der Waals surface area (Å²) in [5.74, 6) is -0.109. The lowest BCUT2D eigenvalue weighted by atomic mass is 9.82. The standard InChI is InChI=1S/C10H13NO3/c1-6-2-9(13)11(10(6)14)5-7-3-8(12)4-7/h2,7-8,12H,3-5H2,1H3. The summed E-state index contributed by atoms with van der Waals surface area (Å²) < 4.78 is 0. The molecule has 0 aromatic heterocycles. The van der Waals surface area contributed by atoms with Crippen molar-refractivity contribution in [3.63, 3.8) is 0 Å². The highest BCUT2D eigenvalue weighted by Crippen LogP contribution is 2.29. The van der Waals surface area contributed by atoms with E-state index in [-0.39, 0.29) is 23.8 Å². The second kappa shape index (κ2) is 3.20. The van der Waals surface area contributed by atoms with Crippen LogP contribution in [0.4, 0.5) is 0 Å². The van der Waals surface area contributed by atoms with Gasteiger partial charge in [0.25, 0.3) is 11.8 Å². The van der Waals surface area contributed by atoms with Crippen molar-refractivity contribution in [2.75, 3.05) is 6.54 Å². The fraction of sp³-hybridized carbons (Fsp3) is 0.600. The Morgan fingerprint density at radius 1 is 1.50 bits per heavy atom. The number of aliphatic hydroxyl groups is 1. The van der Waals surface area contributed by atoms with E-state index in [9.17, 15) is 9.59 Å². The number of nitrogens with zero attached hydrogens (tertiary/aromatic N) is 1. The quantitative estimate of drug-likeness (QED) is 0.634. The van der Waals surface area contributed by atoms with E-state index >= 15 is 0 Å². The van der Waals surface area contributed by atoms with E-state index in [1.807, 2.05) is 0 Å². The molecule has 4 nitrogen and oxygen atoms in total. The molecule has 76 valence electrons. The van der Waals surface area contributed by atoms with Crippen LogP contribution in [0.1, 0.15) is 19.8 Å². The zero-order chi connectivity index (χ0) is 10.3. The molecule has 0 bridgehead atoms. The first-order valence-corrected chi connectivity index (χ1v) is 4.80. The Bertz CT molecular complexity index is 315. The molecule has 1 aliphatic heterocycles. The number of imide groups is 1. The van der Waals surface area contributed by atoms with Crippen LogP contribution >= 0.6 is 0 Å². The van der Waals surface area contributed by atoms with E-state index in [1.54, 1.807) is 6.92 Å². The molecule has 0 spiro atoms. The first-order chi connectivity index (χ1) is 6.58. The largest absolute Gasteiger partial charge is 0.393 e. The summed E-state index contributed by atoms with van der Waals surface area (Å²) >= 11 is 0. The summed E-state index contributed by atoms with van der Waals surface area (Å²) in [6.07, 6.45) is 2.55. The molecule has 0 aromatic carbocycles. The number of rotatable bonds is 2. The summed E-state index contributed by atoms with van der Waals surface area (Å²) in [6.45, 7) is 2.11. The van der Waals surface area contributed by atoms with Crippen molar-refractivity contribution in [3.8, 4) is 0 Å².